The van der Waals surface area contributed by atoms with Crippen LogP contribution in [0.15, 0.2) is 35.6 Å². The van der Waals surface area contributed by atoms with E-state index in [1.807, 2.05) is 0 Å². The van der Waals surface area contributed by atoms with Crippen molar-refractivity contribution in [2.45, 2.75) is 64.6 Å². The topological polar surface area (TPSA) is 76.4 Å². The average Bonchev–Trinajstić information content (AvgIpc) is 3.19. The van der Waals surface area contributed by atoms with Crippen molar-refractivity contribution in [3.05, 3.63) is 42.0 Å². The molecule has 0 aliphatic heterocycles. The van der Waals surface area contributed by atoms with E-state index in [1.54, 1.807) is 13.4 Å². The van der Waals surface area contributed by atoms with Crippen molar-refractivity contribution in [3.63, 3.8) is 0 Å². The van der Waals surface area contributed by atoms with Crippen molar-refractivity contribution < 1.29 is 4.74 Å². The molecule has 1 aromatic heterocycles. The second-order valence-corrected chi connectivity index (χ2v) is 7.17. The zero-order valence-electron chi connectivity index (χ0n) is 17.4. The molecule has 0 atom stereocenters. The Kier molecular flexibility index (Phi) is 10.2. The highest BCUT2D eigenvalue weighted by atomic mass is 127. The number of halogens is 1. The van der Waals surface area contributed by atoms with E-state index in [9.17, 15) is 0 Å². The van der Waals surface area contributed by atoms with Gasteiger partial charge in [0.25, 0.3) is 0 Å². The Bertz CT molecular complexity index is 757. The number of ether oxygens (including phenoxy) is 1. The normalized spacial score (nSPS) is 14.9. The zero-order valence-corrected chi connectivity index (χ0v) is 19.8. The Morgan fingerprint density at radius 3 is 2.83 bits per heavy atom. The molecule has 1 fully saturated rings. The predicted molar refractivity (Wildman–Crippen MR) is 127 cm³/mol. The molecule has 2 aromatic rings. The van der Waals surface area contributed by atoms with Gasteiger partial charge in [-0.2, -0.15) is 0 Å². The summed E-state index contributed by atoms with van der Waals surface area (Å²) in [5.74, 6) is 2.75. The molecular formula is C21H33IN6O. The fraction of sp³-hybridized carbons (Fsp3) is 0.571. The van der Waals surface area contributed by atoms with Gasteiger partial charge in [0.15, 0.2) is 5.96 Å². The van der Waals surface area contributed by atoms with Gasteiger partial charge >= 0.3 is 0 Å². The minimum absolute atomic E-state index is 0. The lowest BCUT2D eigenvalue weighted by atomic mass is 9.98. The number of benzene rings is 1. The molecule has 3 rings (SSSR count). The van der Waals surface area contributed by atoms with Gasteiger partial charge in [0.05, 0.1) is 6.10 Å². The molecule has 0 unspecified atom stereocenters. The Labute approximate surface area is 190 Å². The van der Waals surface area contributed by atoms with Gasteiger partial charge in [-0.15, -0.1) is 34.2 Å². The molecule has 29 heavy (non-hydrogen) atoms. The maximum Gasteiger partial charge on any atom is 0.191 e. The number of aryl methyl sites for hydroxylation is 1. The van der Waals surface area contributed by atoms with Crippen LogP contribution in [0.2, 0.25) is 0 Å². The van der Waals surface area contributed by atoms with E-state index in [-0.39, 0.29) is 24.0 Å². The Hall–Kier alpha value is -1.84. The number of nitrogens with one attached hydrogen (secondary N) is 2. The number of aromatic nitrogens is 3. The molecule has 1 aromatic carbocycles. The van der Waals surface area contributed by atoms with Crippen LogP contribution in [0.4, 0.5) is 0 Å². The highest BCUT2D eigenvalue weighted by Gasteiger charge is 2.14. The molecule has 1 saturated carbocycles. The van der Waals surface area contributed by atoms with E-state index in [4.69, 9.17) is 4.74 Å². The second kappa shape index (κ2) is 12.7. The summed E-state index contributed by atoms with van der Waals surface area (Å²) in [5.41, 5.74) is 1.18. The minimum Gasteiger partial charge on any atom is -0.490 e. The van der Waals surface area contributed by atoms with Crippen LogP contribution in [0.1, 0.15) is 50.4 Å². The van der Waals surface area contributed by atoms with Gasteiger partial charge in [-0.25, -0.2) is 0 Å². The average molecular weight is 512 g/mol. The number of rotatable bonds is 8. The van der Waals surface area contributed by atoms with Gasteiger partial charge in [0.1, 0.15) is 17.9 Å². The molecule has 0 radical (unpaired) electrons. The maximum atomic E-state index is 6.17. The number of guanidine groups is 1. The van der Waals surface area contributed by atoms with Gasteiger partial charge in [0.2, 0.25) is 0 Å². The van der Waals surface area contributed by atoms with Gasteiger partial charge < -0.3 is 19.9 Å². The summed E-state index contributed by atoms with van der Waals surface area (Å²) in [6.07, 6.45) is 9.27. The lowest BCUT2D eigenvalue weighted by Crippen LogP contribution is -2.38. The molecule has 8 heteroatoms. The summed E-state index contributed by atoms with van der Waals surface area (Å²) < 4.78 is 8.23. The van der Waals surface area contributed by atoms with Crippen LogP contribution in [0.3, 0.4) is 0 Å². The molecule has 0 amide bonds. The van der Waals surface area contributed by atoms with E-state index in [0.717, 1.165) is 37.0 Å². The predicted octanol–water partition coefficient (Wildman–Crippen LogP) is 3.54. The van der Waals surface area contributed by atoms with Crippen LogP contribution >= 0.6 is 24.0 Å². The number of hydrogen-bond acceptors (Lipinski definition) is 4. The van der Waals surface area contributed by atoms with Crippen molar-refractivity contribution in [3.8, 4) is 5.75 Å². The summed E-state index contributed by atoms with van der Waals surface area (Å²) in [5, 5.41) is 14.8. The van der Waals surface area contributed by atoms with E-state index < -0.39 is 0 Å². The van der Waals surface area contributed by atoms with E-state index >= 15 is 0 Å². The van der Waals surface area contributed by atoms with E-state index in [1.165, 1.54) is 37.7 Å². The van der Waals surface area contributed by atoms with Gasteiger partial charge in [-0.3, -0.25) is 4.99 Å². The van der Waals surface area contributed by atoms with Gasteiger partial charge in [-0.1, -0.05) is 25.5 Å². The van der Waals surface area contributed by atoms with Gasteiger partial charge in [-0.05, 0) is 43.4 Å². The lowest BCUT2D eigenvalue weighted by molar-refractivity contribution is 0.155. The zero-order chi connectivity index (χ0) is 19.6. The van der Waals surface area contributed by atoms with Crippen LogP contribution in [0.5, 0.6) is 5.75 Å². The monoisotopic (exact) mass is 512 g/mol. The van der Waals surface area contributed by atoms with Crippen molar-refractivity contribution in [1.82, 2.24) is 25.4 Å². The molecular weight excluding hydrogens is 479 g/mol. The fourth-order valence-corrected chi connectivity index (χ4v) is 3.54. The highest BCUT2D eigenvalue weighted by molar-refractivity contribution is 14.0. The molecule has 0 bridgehead atoms. The summed E-state index contributed by atoms with van der Waals surface area (Å²) in [4.78, 5) is 4.30. The third kappa shape index (κ3) is 7.49. The second-order valence-electron chi connectivity index (χ2n) is 7.17. The first-order valence-electron chi connectivity index (χ1n) is 10.3. The molecule has 1 aliphatic rings. The fourth-order valence-electron chi connectivity index (χ4n) is 3.54. The molecule has 1 aliphatic carbocycles. The smallest absolute Gasteiger partial charge is 0.191 e. The molecule has 1 heterocycles. The summed E-state index contributed by atoms with van der Waals surface area (Å²) in [6, 6.07) is 8.34. The molecule has 7 nitrogen and oxygen atoms in total. The Morgan fingerprint density at radius 1 is 1.24 bits per heavy atom. The number of nitrogens with zero attached hydrogens (tertiary/aromatic N) is 4. The summed E-state index contributed by atoms with van der Waals surface area (Å²) in [7, 11) is 1.79. The SMILES string of the molecule is CCc1nncn1CCNC(=NC)NCc1cccc(OC2CCCCC2)c1.I. The Balaban J connectivity index is 0.00000300. The van der Waals surface area contributed by atoms with Crippen LogP contribution < -0.4 is 15.4 Å². The highest BCUT2D eigenvalue weighted by Crippen LogP contribution is 2.23. The standard InChI is InChI=1S/C21H32N6O.HI/c1-3-20-26-25-16-27(20)13-12-23-21(22-2)24-15-17-8-7-11-19(14-17)28-18-9-5-4-6-10-18;/h7-8,11,14,16,18H,3-6,9-10,12-13,15H2,1-2H3,(H2,22,23,24);1H. The molecule has 0 spiro atoms. The summed E-state index contributed by atoms with van der Waals surface area (Å²) >= 11 is 0. The van der Waals surface area contributed by atoms with Gasteiger partial charge in [0, 0.05) is 33.1 Å². The first-order chi connectivity index (χ1) is 13.8. The van der Waals surface area contributed by atoms with Crippen molar-refractivity contribution >= 4 is 29.9 Å². The maximum absolute atomic E-state index is 6.17. The first-order valence-corrected chi connectivity index (χ1v) is 10.3. The minimum atomic E-state index is 0. The van der Waals surface area contributed by atoms with E-state index in [0.29, 0.717) is 12.6 Å². The van der Waals surface area contributed by atoms with Crippen LogP contribution in [-0.4, -0.2) is 40.4 Å². The molecule has 0 saturated heterocycles. The summed E-state index contributed by atoms with van der Waals surface area (Å²) in [6.45, 7) is 4.35. The molecule has 2 N–H and O–H groups in total. The van der Waals surface area contributed by atoms with Crippen LogP contribution in [-0.2, 0) is 19.5 Å². The van der Waals surface area contributed by atoms with Crippen molar-refractivity contribution in [2.24, 2.45) is 4.99 Å². The third-order valence-corrected chi connectivity index (χ3v) is 5.09. The first kappa shape index (κ1) is 23.4. The third-order valence-electron chi connectivity index (χ3n) is 5.09. The molecule has 160 valence electrons. The van der Waals surface area contributed by atoms with Crippen molar-refractivity contribution in [2.75, 3.05) is 13.6 Å². The van der Waals surface area contributed by atoms with Crippen LogP contribution in [0, 0.1) is 0 Å². The Morgan fingerprint density at radius 2 is 2.07 bits per heavy atom. The largest absolute Gasteiger partial charge is 0.490 e. The lowest BCUT2D eigenvalue weighted by Gasteiger charge is -2.23. The number of aliphatic imine (C=N–C) groups is 1. The quantitative estimate of drug-likeness (QED) is 0.322. The van der Waals surface area contributed by atoms with Crippen molar-refractivity contribution in [1.29, 1.82) is 0 Å². The van der Waals surface area contributed by atoms with Crippen LogP contribution in [0.25, 0.3) is 0 Å². The number of hydrogen-bond donors (Lipinski definition) is 2. The van der Waals surface area contributed by atoms with E-state index in [2.05, 4.69) is 61.6 Å².